The number of aromatic carboxylic acids is 1. The van der Waals surface area contributed by atoms with Crippen molar-refractivity contribution in [2.24, 2.45) is 0 Å². The van der Waals surface area contributed by atoms with Gasteiger partial charge in [-0.2, -0.15) is 0 Å². The lowest BCUT2D eigenvalue weighted by Gasteiger charge is -2.23. The van der Waals surface area contributed by atoms with Crippen LogP contribution in [0.5, 0.6) is 0 Å². The normalized spacial score (nSPS) is 14.2. The Morgan fingerprint density at radius 3 is 2.19 bits per heavy atom. The molecule has 1 saturated heterocycles. The van der Waals surface area contributed by atoms with Gasteiger partial charge in [0.05, 0.1) is 5.56 Å². The second-order valence-electron chi connectivity index (χ2n) is 7.71. The van der Waals surface area contributed by atoms with Crippen molar-refractivity contribution in [3.8, 4) is 11.1 Å². The van der Waals surface area contributed by atoms with Crippen LogP contribution in [0.15, 0.2) is 66.7 Å². The fourth-order valence-corrected chi connectivity index (χ4v) is 4.02. The number of anilines is 1. The van der Waals surface area contributed by atoms with Crippen LogP contribution in [-0.4, -0.2) is 30.1 Å². The molecule has 4 rings (SSSR count). The Bertz CT molecular complexity index is 1090. The number of carbonyl (C=O) groups excluding carboxylic acids is 1. The van der Waals surface area contributed by atoms with Gasteiger partial charge in [0.15, 0.2) is 0 Å². The van der Waals surface area contributed by atoms with E-state index in [4.69, 9.17) is 11.6 Å². The van der Waals surface area contributed by atoms with Crippen LogP contribution in [0, 0.1) is 0 Å². The molecule has 5 nitrogen and oxygen atoms in total. The molecular formula is C25H23ClN2O3. The molecule has 0 radical (unpaired) electrons. The van der Waals surface area contributed by atoms with E-state index in [0.29, 0.717) is 22.2 Å². The number of hydrogen-bond acceptors (Lipinski definition) is 3. The fourth-order valence-electron chi connectivity index (χ4n) is 3.90. The number of piperidine rings is 1. The van der Waals surface area contributed by atoms with Gasteiger partial charge in [0, 0.05) is 16.3 Å². The Morgan fingerprint density at radius 1 is 0.871 bits per heavy atom. The number of benzene rings is 3. The van der Waals surface area contributed by atoms with Crippen LogP contribution < -0.4 is 10.6 Å². The summed E-state index contributed by atoms with van der Waals surface area (Å²) in [7, 11) is 0. The molecule has 0 aliphatic carbocycles. The third-order valence-corrected chi connectivity index (χ3v) is 5.85. The quantitative estimate of drug-likeness (QED) is 0.500. The van der Waals surface area contributed by atoms with Gasteiger partial charge >= 0.3 is 5.97 Å². The lowest BCUT2D eigenvalue weighted by Crippen LogP contribution is -2.26. The molecule has 1 amide bonds. The molecule has 1 aliphatic heterocycles. The zero-order chi connectivity index (χ0) is 21.8. The Kier molecular flexibility index (Phi) is 6.35. The molecule has 31 heavy (non-hydrogen) atoms. The van der Waals surface area contributed by atoms with Gasteiger partial charge in [-0.1, -0.05) is 35.9 Å². The highest BCUT2D eigenvalue weighted by atomic mass is 35.5. The van der Waals surface area contributed by atoms with Crippen LogP contribution in [-0.2, 0) is 0 Å². The molecule has 0 atom stereocenters. The summed E-state index contributed by atoms with van der Waals surface area (Å²) in [6.07, 6.45) is 2.24. The first kappa shape index (κ1) is 21.1. The summed E-state index contributed by atoms with van der Waals surface area (Å²) in [5.41, 5.74) is 3.93. The van der Waals surface area contributed by atoms with E-state index in [1.807, 2.05) is 12.1 Å². The number of carboxylic acids is 1. The Labute approximate surface area is 186 Å². The van der Waals surface area contributed by atoms with E-state index >= 15 is 0 Å². The SMILES string of the molecule is O=C(O)c1cc(NC(=O)c2ccc(Cl)cc2)cc(-c2ccc(C3CCNCC3)cc2)c1. The van der Waals surface area contributed by atoms with Gasteiger partial charge in [0.25, 0.3) is 5.91 Å². The largest absolute Gasteiger partial charge is 0.478 e. The van der Waals surface area contributed by atoms with Crippen LogP contribution in [0.1, 0.15) is 45.0 Å². The molecule has 0 unspecified atom stereocenters. The number of hydrogen-bond donors (Lipinski definition) is 3. The summed E-state index contributed by atoms with van der Waals surface area (Å²) in [6.45, 7) is 2.06. The highest BCUT2D eigenvalue weighted by Gasteiger charge is 2.16. The van der Waals surface area contributed by atoms with Crippen LogP contribution in [0.4, 0.5) is 5.69 Å². The lowest BCUT2D eigenvalue weighted by molar-refractivity contribution is 0.0696. The van der Waals surface area contributed by atoms with Gasteiger partial charge in [-0.15, -0.1) is 0 Å². The number of carbonyl (C=O) groups is 2. The van der Waals surface area contributed by atoms with E-state index in [0.717, 1.165) is 37.1 Å². The van der Waals surface area contributed by atoms with Crippen molar-refractivity contribution in [2.75, 3.05) is 18.4 Å². The zero-order valence-corrected chi connectivity index (χ0v) is 17.7. The van der Waals surface area contributed by atoms with E-state index in [1.54, 1.807) is 36.4 Å². The van der Waals surface area contributed by atoms with E-state index in [-0.39, 0.29) is 11.5 Å². The zero-order valence-electron chi connectivity index (χ0n) is 16.9. The van der Waals surface area contributed by atoms with Crippen LogP contribution in [0.2, 0.25) is 5.02 Å². The fraction of sp³-hybridized carbons (Fsp3) is 0.200. The van der Waals surface area contributed by atoms with E-state index in [2.05, 4.69) is 22.8 Å². The van der Waals surface area contributed by atoms with Crippen LogP contribution >= 0.6 is 11.6 Å². The van der Waals surface area contributed by atoms with E-state index < -0.39 is 5.97 Å². The number of halogens is 1. The average molecular weight is 435 g/mol. The van der Waals surface area contributed by atoms with E-state index in [9.17, 15) is 14.7 Å². The Balaban J connectivity index is 1.60. The van der Waals surface area contributed by atoms with Gasteiger partial charge in [0.1, 0.15) is 0 Å². The first-order chi connectivity index (χ1) is 15.0. The van der Waals surface area contributed by atoms with Gasteiger partial charge in [0.2, 0.25) is 0 Å². The molecule has 0 saturated carbocycles. The second-order valence-corrected chi connectivity index (χ2v) is 8.15. The summed E-state index contributed by atoms with van der Waals surface area (Å²) in [6, 6.07) is 19.7. The van der Waals surface area contributed by atoms with Crippen molar-refractivity contribution in [1.82, 2.24) is 5.32 Å². The number of nitrogens with one attached hydrogen (secondary N) is 2. The van der Waals surface area contributed by atoms with Crippen molar-refractivity contribution >= 4 is 29.2 Å². The smallest absolute Gasteiger partial charge is 0.335 e. The van der Waals surface area contributed by atoms with E-state index in [1.165, 1.54) is 11.6 Å². The van der Waals surface area contributed by atoms with Gasteiger partial charge < -0.3 is 15.7 Å². The molecule has 1 heterocycles. The minimum Gasteiger partial charge on any atom is -0.478 e. The van der Waals surface area contributed by atoms with Crippen molar-refractivity contribution in [2.45, 2.75) is 18.8 Å². The number of carboxylic acid groups (broad SMARTS) is 1. The minimum absolute atomic E-state index is 0.117. The molecular weight excluding hydrogens is 412 g/mol. The molecule has 0 aromatic heterocycles. The first-order valence-electron chi connectivity index (χ1n) is 10.3. The molecule has 3 N–H and O–H groups in total. The van der Waals surface area contributed by atoms with Crippen molar-refractivity contribution in [1.29, 1.82) is 0 Å². The average Bonchev–Trinajstić information content (AvgIpc) is 2.80. The highest BCUT2D eigenvalue weighted by molar-refractivity contribution is 6.30. The second kappa shape index (κ2) is 9.33. The summed E-state index contributed by atoms with van der Waals surface area (Å²) < 4.78 is 0. The Morgan fingerprint density at radius 2 is 1.55 bits per heavy atom. The topological polar surface area (TPSA) is 78.4 Å². The molecule has 6 heteroatoms. The Hall–Kier alpha value is -3.15. The summed E-state index contributed by atoms with van der Waals surface area (Å²) >= 11 is 5.88. The van der Waals surface area contributed by atoms with Crippen molar-refractivity contribution in [3.05, 3.63) is 88.4 Å². The molecule has 3 aromatic rings. The number of amides is 1. The molecule has 0 spiro atoms. The predicted octanol–water partition coefficient (Wildman–Crippen LogP) is 5.42. The third kappa shape index (κ3) is 5.13. The van der Waals surface area contributed by atoms with Crippen molar-refractivity contribution in [3.63, 3.8) is 0 Å². The molecule has 158 valence electrons. The molecule has 3 aromatic carbocycles. The van der Waals surface area contributed by atoms with Crippen LogP contribution in [0.25, 0.3) is 11.1 Å². The number of rotatable bonds is 5. The molecule has 0 bridgehead atoms. The lowest BCUT2D eigenvalue weighted by atomic mass is 9.89. The van der Waals surface area contributed by atoms with Crippen LogP contribution in [0.3, 0.4) is 0 Å². The highest BCUT2D eigenvalue weighted by Crippen LogP contribution is 2.30. The monoisotopic (exact) mass is 434 g/mol. The minimum atomic E-state index is -1.05. The summed E-state index contributed by atoms with van der Waals surface area (Å²) in [5.74, 6) is -0.823. The predicted molar refractivity (Wildman–Crippen MR) is 123 cm³/mol. The first-order valence-corrected chi connectivity index (χ1v) is 10.6. The standard InChI is InChI=1S/C25H23ClN2O3/c26-22-7-5-19(6-8-22)24(29)28-23-14-20(13-21(15-23)25(30)31)17-3-1-16(2-4-17)18-9-11-27-12-10-18/h1-8,13-15,18,27H,9-12H2,(H,28,29)(H,30,31). The third-order valence-electron chi connectivity index (χ3n) is 5.60. The van der Waals surface area contributed by atoms with Gasteiger partial charge in [-0.25, -0.2) is 4.79 Å². The van der Waals surface area contributed by atoms with Gasteiger partial charge in [-0.3, -0.25) is 4.79 Å². The molecule has 1 fully saturated rings. The maximum atomic E-state index is 12.6. The summed E-state index contributed by atoms with van der Waals surface area (Å²) in [4.78, 5) is 24.2. The molecule has 1 aliphatic rings. The summed E-state index contributed by atoms with van der Waals surface area (Å²) in [5, 5.41) is 16.3. The maximum Gasteiger partial charge on any atom is 0.335 e. The van der Waals surface area contributed by atoms with Crippen molar-refractivity contribution < 1.29 is 14.7 Å². The van der Waals surface area contributed by atoms with Gasteiger partial charge in [-0.05, 0) is 91.0 Å². The maximum absolute atomic E-state index is 12.6.